The lowest BCUT2D eigenvalue weighted by molar-refractivity contribution is -0.137. The number of nitrogens with zero attached hydrogens (tertiary/aromatic N) is 2. The van der Waals surface area contributed by atoms with Gasteiger partial charge in [-0.2, -0.15) is 18.4 Å². The average Bonchev–Trinajstić information content (AvgIpc) is 2.46. The Hall–Kier alpha value is -3.08. The van der Waals surface area contributed by atoms with E-state index in [0.717, 1.165) is 18.2 Å². The quantitative estimate of drug-likeness (QED) is 0.900. The Bertz CT molecular complexity index is 811. The van der Waals surface area contributed by atoms with Gasteiger partial charge in [0.25, 0.3) is 0 Å². The van der Waals surface area contributed by atoms with Crippen molar-refractivity contribution in [3.63, 3.8) is 0 Å². The molecule has 0 aliphatic carbocycles. The molecule has 0 atom stereocenters. The summed E-state index contributed by atoms with van der Waals surface area (Å²) < 4.78 is 38.1. The Morgan fingerprint density at radius 2 is 2.04 bits per heavy atom. The summed E-state index contributed by atoms with van der Waals surface area (Å²) in [5, 5.41) is 20.6. The van der Waals surface area contributed by atoms with Crippen LogP contribution in [0.3, 0.4) is 0 Å². The van der Waals surface area contributed by atoms with Crippen LogP contribution in [0, 0.1) is 18.3 Å². The summed E-state index contributed by atoms with van der Waals surface area (Å²) in [6.07, 6.45) is -4.51. The van der Waals surface area contributed by atoms with Gasteiger partial charge in [-0.3, -0.25) is 0 Å². The zero-order chi connectivity index (χ0) is 17.2. The molecule has 2 rings (SSSR count). The number of nitriles is 1. The van der Waals surface area contributed by atoms with Crippen LogP contribution in [0.25, 0.3) is 0 Å². The van der Waals surface area contributed by atoms with Crippen LogP contribution in [-0.4, -0.2) is 16.1 Å². The fraction of sp³-hybridized carbons (Fsp3) is 0.133. The maximum absolute atomic E-state index is 12.7. The molecular formula is C15H10F3N3O2. The Morgan fingerprint density at radius 1 is 1.35 bits per heavy atom. The summed E-state index contributed by atoms with van der Waals surface area (Å²) in [7, 11) is 0. The van der Waals surface area contributed by atoms with Crippen molar-refractivity contribution < 1.29 is 23.1 Å². The maximum Gasteiger partial charge on any atom is 0.416 e. The van der Waals surface area contributed by atoms with Crippen LogP contribution in [0.15, 0.2) is 30.3 Å². The van der Waals surface area contributed by atoms with E-state index in [4.69, 9.17) is 10.4 Å². The van der Waals surface area contributed by atoms with E-state index >= 15 is 0 Å². The van der Waals surface area contributed by atoms with Crippen LogP contribution in [0.4, 0.5) is 24.7 Å². The highest BCUT2D eigenvalue weighted by molar-refractivity contribution is 5.94. The van der Waals surface area contributed by atoms with Crippen molar-refractivity contribution in [2.75, 3.05) is 5.32 Å². The third-order valence-corrected chi connectivity index (χ3v) is 3.02. The van der Waals surface area contributed by atoms with Gasteiger partial charge in [-0.1, -0.05) is 6.07 Å². The molecule has 118 valence electrons. The number of rotatable bonds is 3. The highest BCUT2D eigenvalue weighted by atomic mass is 19.4. The molecule has 0 spiro atoms. The topological polar surface area (TPSA) is 86.0 Å². The Balaban J connectivity index is 2.47. The zero-order valence-corrected chi connectivity index (χ0v) is 11.8. The van der Waals surface area contributed by atoms with Crippen LogP contribution >= 0.6 is 0 Å². The second-order valence-electron chi connectivity index (χ2n) is 4.64. The van der Waals surface area contributed by atoms with Crippen molar-refractivity contribution in [3.8, 4) is 6.07 Å². The number of aromatic nitrogens is 1. The minimum Gasteiger partial charge on any atom is -0.478 e. The number of aryl methyl sites for hydroxylation is 1. The van der Waals surface area contributed by atoms with Crippen molar-refractivity contribution in [2.24, 2.45) is 0 Å². The Morgan fingerprint density at radius 3 is 2.61 bits per heavy atom. The van der Waals surface area contributed by atoms with E-state index in [-0.39, 0.29) is 28.3 Å². The molecule has 0 saturated heterocycles. The minimum atomic E-state index is -4.51. The van der Waals surface area contributed by atoms with Gasteiger partial charge in [0, 0.05) is 5.69 Å². The van der Waals surface area contributed by atoms with Crippen molar-refractivity contribution in [3.05, 3.63) is 52.7 Å². The normalized spacial score (nSPS) is 10.9. The van der Waals surface area contributed by atoms with E-state index in [0.29, 0.717) is 0 Å². The Kier molecular flexibility index (Phi) is 4.22. The second kappa shape index (κ2) is 5.96. The molecule has 2 N–H and O–H groups in total. The summed E-state index contributed by atoms with van der Waals surface area (Å²) in [4.78, 5) is 15.2. The van der Waals surface area contributed by atoms with Gasteiger partial charge in [0.1, 0.15) is 17.5 Å². The minimum absolute atomic E-state index is 0.0407. The molecule has 0 unspecified atom stereocenters. The predicted molar refractivity (Wildman–Crippen MR) is 75.4 cm³/mol. The largest absolute Gasteiger partial charge is 0.478 e. The number of carbonyl (C=O) groups is 1. The second-order valence-corrected chi connectivity index (χ2v) is 4.64. The van der Waals surface area contributed by atoms with Gasteiger partial charge in [-0.25, -0.2) is 9.78 Å². The van der Waals surface area contributed by atoms with Gasteiger partial charge < -0.3 is 10.4 Å². The predicted octanol–water partition coefficient (Wildman–Crippen LogP) is 3.72. The fourth-order valence-corrected chi connectivity index (χ4v) is 1.89. The van der Waals surface area contributed by atoms with E-state index in [1.807, 2.05) is 6.07 Å². The van der Waals surface area contributed by atoms with Crippen molar-refractivity contribution >= 4 is 17.5 Å². The zero-order valence-electron chi connectivity index (χ0n) is 11.8. The average molecular weight is 321 g/mol. The molecule has 0 aliphatic rings. The van der Waals surface area contributed by atoms with Crippen LogP contribution < -0.4 is 5.32 Å². The van der Waals surface area contributed by atoms with E-state index in [1.54, 1.807) is 0 Å². The lowest BCUT2D eigenvalue weighted by atomic mass is 10.1. The number of carboxylic acid groups (broad SMARTS) is 1. The van der Waals surface area contributed by atoms with Gasteiger partial charge in [0.2, 0.25) is 0 Å². The fourth-order valence-electron chi connectivity index (χ4n) is 1.89. The number of alkyl halides is 3. The van der Waals surface area contributed by atoms with Gasteiger partial charge in [-0.05, 0) is 31.2 Å². The number of aromatic carboxylic acids is 1. The number of carboxylic acids is 1. The first-order valence-electron chi connectivity index (χ1n) is 6.31. The molecule has 5 nitrogen and oxygen atoms in total. The van der Waals surface area contributed by atoms with Gasteiger partial charge in [0.05, 0.1) is 16.8 Å². The van der Waals surface area contributed by atoms with Crippen molar-refractivity contribution in [1.82, 2.24) is 4.98 Å². The van der Waals surface area contributed by atoms with Gasteiger partial charge in [-0.15, -0.1) is 0 Å². The molecule has 0 radical (unpaired) electrons. The highest BCUT2D eigenvalue weighted by Crippen LogP contribution is 2.31. The highest BCUT2D eigenvalue weighted by Gasteiger charge is 2.30. The number of hydrogen-bond acceptors (Lipinski definition) is 4. The SMILES string of the molecule is Cc1nc(Nc2cccc(C(F)(F)F)c2)c(C(=O)O)cc1C#N. The van der Waals surface area contributed by atoms with E-state index < -0.39 is 17.7 Å². The number of hydrogen-bond donors (Lipinski definition) is 2. The molecule has 1 aromatic carbocycles. The molecule has 1 aromatic heterocycles. The first-order valence-corrected chi connectivity index (χ1v) is 6.31. The molecule has 0 fully saturated rings. The Labute approximate surface area is 129 Å². The molecule has 0 bridgehead atoms. The molecule has 2 aromatic rings. The first-order chi connectivity index (χ1) is 10.7. The van der Waals surface area contributed by atoms with Crippen LogP contribution in [0.5, 0.6) is 0 Å². The number of anilines is 2. The molecule has 8 heteroatoms. The number of benzene rings is 1. The van der Waals surface area contributed by atoms with Gasteiger partial charge >= 0.3 is 12.1 Å². The van der Waals surface area contributed by atoms with E-state index in [1.165, 1.54) is 19.1 Å². The van der Waals surface area contributed by atoms with E-state index in [2.05, 4.69) is 10.3 Å². The van der Waals surface area contributed by atoms with Gasteiger partial charge in [0.15, 0.2) is 0 Å². The summed E-state index contributed by atoms with van der Waals surface area (Å²) >= 11 is 0. The summed E-state index contributed by atoms with van der Waals surface area (Å²) in [5.74, 6) is -1.48. The standard InChI is InChI=1S/C15H10F3N3O2/c1-8-9(7-19)5-12(14(22)23)13(20-8)21-11-4-2-3-10(6-11)15(16,17)18/h2-6H,1H3,(H,20,21)(H,22,23). The smallest absolute Gasteiger partial charge is 0.416 e. The van der Waals surface area contributed by atoms with Crippen molar-refractivity contribution in [1.29, 1.82) is 5.26 Å². The van der Waals surface area contributed by atoms with Crippen molar-refractivity contribution in [2.45, 2.75) is 13.1 Å². The summed E-state index contributed by atoms with van der Waals surface area (Å²) in [6.45, 7) is 1.50. The molecular weight excluding hydrogens is 311 g/mol. The molecule has 23 heavy (non-hydrogen) atoms. The third kappa shape index (κ3) is 3.58. The van der Waals surface area contributed by atoms with Crippen LogP contribution in [0.1, 0.15) is 27.2 Å². The summed E-state index contributed by atoms with van der Waals surface area (Å²) in [5.41, 5.74) is -0.780. The molecule has 0 amide bonds. The number of halogens is 3. The third-order valence-electron chi connectivity index (χ3n) is 3.02. The summed E-state index contributed by atoms with van der Waals surface area (Å²) in [6, 6.07) is 7.24. The lowest BCUT2D eigenvalue weighted by Crippen LogP contribution is -2.09. The lowest BCUT2D eigenvalue weighted by Gasteiger charge is -2.12. The van der Waals surface area contributed by atoms with Crippen LogP contribution in [-0.2, 0) is 6.18 Å². The molecule has 1 heterocycles. The molecule has 0 saturated carbocycles. The number of pyridine rings is 1. The monoisotopic (exact) mass is 321 g/mol. The van der Waals surface area contributed by atoms with Crippen LogP contribution in [0.2, 0.25) is 0 Å². The first kappa shape index (κ1) is 16.3. The number of nitrogens with one attached hydrogen (secondary N) is 1. The molecule has 0 aliphatic heterocycles. The maximum atomic E-state index is 12.7. The van der Waals surface area contributed by atoms with E-state index in [9.17, 15) is 18.0 Å².